The lowest BCUT2D eigenvalue weighted by Gasteiger charge is -2.10. The first-order valence-corrected chi connectivity index (χ1v) is 8.69. The van der Waals surface area contributed by atoms with Gasteiger partial charge < -0.3 is 4.74 Å². The average Bonchev–Trinajstić information content (AvgIpc) is 2.63. The summed E-state index contributed by atoms with van der Waals surface area (Å²) in [4.78, 5) is 4.59. The third-order valence-electron chi connectivity index (χ3n) is 3.72. The highest BCUT2D eigenvalue weighted by Crippen LogP contribution is 2.31. The van der Waals surface area contributed by atoms with Crippen molar-refractivity contribution in [2.45, 2.75) is 13.0 Å². The number of para-hydroxylation sites is 1. The highest BCUT2D eigenvalue weighted by atomic mass is 35.5. The van der Waals surface area contributed by atoms with Gasteiger partial charge in [0, 0.05) is 6.21 Å². The average molecular weight is 370 g/mol. The summed E-state index contributed by atoms with van der Waals surface area (Å²) in [5.41, 5.74) is 1.86. The molecule has 0 aliphatic heterocycles. The summed E-state index contributed by atoms with van der Waals surface area (Å²) in [5, 5.41) is 1.09. The zero-order valence-electron chi connectivity index (χ0n) is 13.7. The number of benzene rings is 3. The Hall–Kier alpha value is -2.29. The van der Waals surface area contributed by atoms with Crippen LogP contribution in [0.5, 0.6) is 11.5 Å². The van der Waals surface area contributed by atoms with Gasteiger partial charge in [-0.3, -0.25) is 4.99 Å². The number of nitrogens with zero attached hydrogens (tertiary/aromatic N) is 1. The van der Waals surface area contributed by atoms with E-state index >= 15 is 0 Å². The molecule has 3 rings (SSSR count). The summed E-state index contributed by atoms with van der Waals surface area (Å²) >= 11 is 12.3. The van der Waals surface area contributed by atoms with E-state index in [1.807, 2.05) is 79.9 Å². The van der Waals surface area contributed by atoms with Crippen LogP contribution in [-0.4, -0.2) is 6.21 Å². The van der Waals surface area contributed by atoms with Crippen LogP contribution in [0.3, 0.4) is 0 Å². The molecule has 0 bridgehead atoms. The van der Waals surface area contributed by atoms with Crippen molar-refractivity contribution >= 4 is 29.4 Å². The molecule has 4 heteroatoms. The van der Waals surface area contributed by atoms with Crippen LogP contribution >= 0.6 is 23.2 Å². The minimum atomic E-state index is -0.0927. The predicted octanol–water partition coefficient (Wildman–Crippen LogP) is 6.97. The normalized spacial score (nSPS) is 12.3. The quantitative estimate of drug-likeness (QED) is 0.445. The van der Waals surface area contributed by atoms with Crippen LogP contribution < -0.4 is 4.74 Å². The zero-order valence-corrected chi connectivity index (χ0v) is 15.2. The van der Waals surface area contributed by atoms with Gasteiger partial charge in [0.25, 0.3) is 0 Å². The summed E-state index contributed by atoms with van der Waals surface area (Å²) in [5.74, 6) is 1.57. The lowest BCUT2D eigenvalue weighted by molar-refractivity contribution is 0.482. The molecule has 0 amide bonds. The van der Waals surface area contributed by atoms with E-state index in [-0.39, 0.29) is 6.04 Å². The maximum absolute atomic E-state index is 6.26. The highest BCUT2D eigenvalue weighted by molar-refractivity contribution is 6.42. The SMILES string of the molecule is CC(/N=C/c1cccc(Oc2ccccc2)c1)c1cccc(Cl)c1Cl. The van der Waals surface area contributed by atoms with Gasteiger partial charge >= 0.3 is 0 Å². The summed E-state index contributed by atoms with van der Waals surface area (Å²) < 4.78 is 5.85. The molecule has 25 heavy (non-hydrogen) atoms. The summed E-state index contributed by atoms with van der Waals surface area (Å²) in [6.07, 6.45) is 1.82. The third-order valence-corrected chi connectivity index (χ3v) is 4.55. The maximum Gasteiger partial charge on any atom is 0.128 e. The molecule has 0 fully saturated rings. The van der Waals surface area contributed by atoms with E-state index < -0.39 is 0 Å². The monoisotopic (exact) mass is 369 g/mol. The lowest BCUT2D eigenvalue weighted by Crippen LogP contribution is -1.93. The molecule has 0 aromatic heterocycles. The fraction of sp³-hybridized carbons (Fsp3) is 0.0952. The van der Waals surface area contributed by atoms with Crippen LogP contribution in [0, 0.1) is 0 Å². The Labute approximate surface area is 157 Å². The van der Waals surface area contributed by atoms with Crippen molar-refractivity contribution in [3.63, 3.8) is 0 Å². The molecule has 3 aromatic rings. The Bertz CT molecular complexity index is 878. The van der Waals surface area contributed by atoms with Crippen LogP contribution in [0.2, 0.25) is 10.0 Å². The van der Waals surface area contributed by atoms with Crippen LogP contribution in [-0.2, 0) is 0 Å². The molecule has 0 spiro atoms. The van der Waals surface area contributed by atoms with Gasteiger partial charge in [0.1, 0.15) is 11.5 Å². The summed E-state index contributed by atoms with van der Waals surface area (Å²) in [6, 6.07) is 23.0. The standard InChI is InChI=1S/C21H17Cl2NO/c1-15(19-11-6-12-20(22)21(19)23)24-14-16-7-5-10-18(13-16)25-17-8-3-2-4-9-17/h2-15H,1H3/b24-14+. The Morgan fingerprint density at radius 3 is 2.40 bits per heavy atom. The van der Waals surface area contributed by atoms with Gasteiger partial charge in [0.15, 0.2) is 0 Å². The smallest absolute Gasteiger partial charge is 0.128 e. The van der Waals surface area contributed by atoms with Gasteiger partial charge in [-0.25, -0.2) is 0 Å². The van der Waals surface area contributed by atoms with E-state index in [4.69, 9.17) is 27.9 Å². The Kier molecular flexibility index (Phi) is 5.75. The molecular formula is C21H17Cl2NO. The topological polar surface area (TPSA) is 21.6 Å². The van der Waals surface area contributed by atoms with Gasteiger partial charge in [0.2, 0.25) is 0 Å². The van der Waals surface area contributed by atoms with E-state index in [0.29, 0.717) is 10.0 Å². The maximum atomic E-state index is 6.26. The number of hydrogen-bond donors (Lipinski definition) is 0. The van der Waals surface area contributed by atoms with Crippen LogP contribution in [0.25, 0.3) is 0 Å². The van der Waals surface area contributed by atoms with Crippen molar-refractivity contribution in [3.05, 3.63) is 94.0 Å². The van der Waals surface area contributed by atoms with Crippen molar-refractivity contribution in [3.8, 4) is 11.5 Å². The molecule has 0 saturated heterocycles. The number of ether oxygens (including phenoxy) is 1. The molecule has 1 atom stereocenters. The lowest BCUT2D eigenvalue weighted by atomic mass is 10.1. The molecule has 0 aliphatic carbocycles. The Balaban J connectivity index is 1.75. The number of hydrogen-bond acceptors (Lipinski definition) is 2. The van der Waals surface area contributed by atoms with Crippen molar-refractivity contribution in [2.75, 3.05) is 0 Å². The fourth-order valence-corrected chi connectivity index (χ4v) is 2.87. The van der Waals surface area contributed by atoms with Gasteiger partial charge in [0.05, 0.1) is 16.1 Å². The minimum Gasteiger partial charge on any atom is -0.457 e. The molecule has 126 valence electrons. The molecule has 0 radical (unpaired) electrons. The summed E-state index contributed by atoms with van der Waals surface area (Å²) in [6.45, 7) is 1.98. The van der Waals surface area contributed by atoms with Crippen molar-refractivity contribution in [1.82, 2.24) is 0 Å². The van der Waals surface area contributed by atoms with E-state index in [1.165, 1.54) is 0 Å². The van der Waals surface area contributed by atoms with Gasteiger partial charge in [-0.2, -0.15) is 0 Å². The second-order valence-corrected chi connectivity index (χ2v) is 6.37. The first-order valence-electron chi connectivity index (χ1n) is 7.93. The molecule has 0 N–H and O–H groups in total. The van der Waals surface area contributed by atoms with Gasteiger partial charge in [-0.05, 0) is 48.4 Å². The highest BCUT2D eigenvalue weighted by Gasteiger charge is 2.10. The predicted molar refractivity (Wildman–Crippen MR) is 105 cm³/mol. The molecule has 0 heterocycles. The van der Waals surface area contributed by atoms with Gasteiger partial charge in [-0.1, -0.05) is 65.7 Å². The molecular weight excluding hydrogens is 353 g/mol. The second-order valence-electron chi connectivity index (χ2n) is 5.58. The third kappa shape index (κ3) is 4.62. The zero-order chi connectivity index (χ0) is 17.6. The first-order chi connectivity index (χ1) is 12.1. The van der Waals surface area contributed by atoms with E-state index in [1.54, 1.807) is 6.07 Å². The second kappa shape index (κ2) is 8.19. The van der Waals surface area contributed by atoms with Crippen molar-refractivity contribution in [1.29, 1.82) is 0 Å². The molecule has 1 unspecified atom stereocenters. The van der Waals surface area contributed by atoms with Gasteiger partial charge in [-0.15, -0.1) is 0 Å². The summed E-state index contributed by atoms with van der Waals surface area (Å²) in [7, 11) is 0. The largest absolute Gasteiger partial charge is 0.457 e. The first kappa shape index (κ1) is 17.5. The van der Waals surface area contributed by atoms with Crippen molar-refractivity contribution < 1.29 is 4.74 Å². The van der Waals surface area contributed by atoms with Crippen LogP contribution in [0.1, 0.15) is 24.1 Å². The van der Waals surface area contributed by atoms with E-state index in [0.717, 1.165) is 22.6 Å². The minimum absolute atomic E-state index is 0.0927. The molecule has 0 saturated carbocycles. The van der Waals surface area contributed by atoms with E-state index in [2.05, 4.69) is 4.99 Å². The number of halogens is 2. The van der Waals surface area contributed by atoms with Crippen molar-refractivity contribution in [2.24, 2.45) is 4.99 Å². The van der Waals surface area contributed by atoms with E-state index in [9.17, 15) is 0 Å². The Morgan fingerprint density at radius 1 is 0.880 bits per heavy atom. The number of aliphatic imine (C=N–C) groups is 1. The van der Waals surface area contributed by atoms with Crippen LogP contribution in [0.15, 0.2) is 77.8 Å². The molecule has 0 aliphatic rings. The Morgan fingerprint density at radius 2 is 1.60 bits per heavy atom. The molecule has 3 aromatic carbocycles. The van der Waals surface area contributed by atoms with Crippen LogP contribution in [0.4, 0.5) is 0 Å². The molecule has 2 nitrogen and oxygen atoms in total. The fourth-order valence-electron chi connectivity index (χ4n) is 2.40. The number of rotatable bonds is 5.